The fraction of sp³-hybridized carbons (Fsp3) is 0.200. The van der Waals surface area contributed by atoms with E-state index in [-0.39, 0.29) is 11.7 Å². The van der Waals surface area contributed by atoms with Gasteiger partial charge in [-0.15, -0.1) is 0 Å². The van der Waals surface area contributed by atoms with Gasteiger partial charge in [-0.05, 0) is 24.6 Å². The molecule has 0 bridgehead atoms. The maximum atomic E-state index is 10.7. The number of halogens is 1. The van der Waals surface area contributed by atoms with E-state index in [1.165, 1.54) is 12.1 Å². The van der Waals surface area contributed by atoms with E-state index in [2.05, 4.69) is 5.32 Å². The number of nitrogens with zero attached hydrogens (tertiary/aromatic N) is 1. The van der Waals surface area contributed by atoms with E-state index in [4.69, 9.17) is 11.6 Å². The fourth-order valence-electron chi connectivity index (χ4n) is 2.11. The number of rotatable bonds is 5. The van der Waals surface area contributed by atoms with Gasteiger partial charge in [0.2, 0.25) is 0 Å². The molecule has 104 valence electrons. The molecule has 0 aromatic heterocycles. The van der Waals surface area contributed by atoms with Gasteiger partial charge in [-0.3, -0.25) is 10.1 Å². The van der Waals surface area contributed by atoms with Crippen LogP contribution in [0.5, 0.6) is 0 Å². The van der Waals surface area contributed by atoms with Gasteiger partial charge in [0.05, 0.1) is 9.95 Å². The molecule has 0 aliphatic rings. The third kappa shape index (κ3) is 3.35. The lowest BCUT2D eigenvalue weighted by Crippen LogP contribution is -2.18. The van der Waals surface area contributed by atoms with Gasteiger partial charge < -0.3 is 5.32 Å². The summed E-state index contributed by atoms with van der Waals surface area (Å²) in [5, 5.41) is 14.4. The number of hydrogen-bond acceptors (Lipinski definition) is 3. The Morgan fingerprint density at radius 2 is 1.95 bits per heavy atom. The summed E-state index contributed by atoms with van der Waals surface area (Å²) in [6, 6.07) is 14.7. The maximum absolute atomic E-state index is 10.7. The van der Waals surface area contributed by atoms with Gasteiger partial charge in [0.15, 0.2) is 0 Å². The molecule has 4 nitrogen and oxygen atoms in total. The first-order chi connectivity index (χ1) is 9.61. The Morgan fingerprint density at radius 1 is 1.25 bits per heavy atom. The van der Waals surface area contributed by atoms with Crippen LogP contribution in [-0.4, -0.2) is 12.0 Å². The quantitative estimate of drug-likeness (QED) is 0.674. The van der Waals surface area contributed by atoms with Crippen molar-refractivity contribution < 1.29 is 4.92 Å². The predicted molar refractivity (Wildman–Crippen MR) is 80.1 cm³/mol. The van der Waals surface area contributed by atoms with Crippen molar-refractivity contribution in [2.75, 3.05) is 7.05 Å². The molecule has 2 aromatic carbocycles. The summed E-state index contributed by atoms with van der Waals surface area (Å²) in [6.45, 7) is 0. The topological polar surface area (TPSA) is 55.2 Å². The van der Waals surface area contributed by atoms with Gasteiger partial charge in [-0.2, -0.15) is 0 Å². The molecule has 2 aromatic rings. The van der Waals surface area contributed by atoms with Crippen molar-refractivity contribution in [3.8, 4) is 0 Å². The molecule has 0 amide bonds. The van der Waals surface area contributed by atoms with Crippen molar-refractivity contribution in [3.63, 3.8) is 0 Å². The van der Waals surface area contributed by atoms with Crippen molar-refractivity contribution in [2.45, 2.75) is 12.5 Å². The first kappa shape index (κ1) is 14.5. The minimum Gasteiger partial charge on any atom is -0.313 e. The van der Waals surface area contributed by atoms with Crippen molar-refractivity contribution >= 4 is 17.3 Å². The monoisotopic (exact) mass is 290 g/mol. The SMILES string of the molecule is CNC(Cc1ccc([N+](=O)[O-])cc1Cl)c1ccccc1. The standard InChI is InChI=1S/C15H15ClN2O2/c1-17-15(11-5-3-2-4-6-11)9-12-7-8-13(18(19)20)10-14(12)16/h2-8,10,15,17H,9H2,1H3. The molecule has 0 fully saturated rings. The second kappa shape index (κ2) is 6.50. The molecule has 2 rings (SSSR count). The predicted octanol–water partition coefficient (Wildman–Crippen LogP) is 3.75. The lowest BCUT2D eigenvalue weighted by atomic mass is 9.99. The van der Waals surface area contributed by atoms with Gasteiger partial charge in [0.25, 0.3) is 5.69 Å². The number of nitro groups is 1. The maximum Gasteiger partial charge on any atom is 0.270 e. The first-order valence-electron chi connectivity index (χ1n) is 6.27. The number of likely N-dealkylation sites (N-methyl/N-ethyl adjacent to an activating group) is 1. The van der Waals surface area contributed by atoms with Crippen LogP contribution in [-0.2, 0) is 6.42 Å². The van der Waals surface area contributed by atoms with E-state index in [0.29, 0.717) is 11.4 Å². The second-order valence-electron chi connectivity index (χ2n) is 4.49. The van der Waals surface area contributed by atoms with Crippen LogP contribution in [0.2, 0.25) is 5.02 Å². The number of nitrogens with one attached hydrogen (secondary N) is 1. The van der Waals surface area contributed by atoms with Crippen molar-refractivity contribution in [3.05, 3.63) is 74.8 Å². The van der Waals surface area contributed by atoms with E-state index in [0.717, 1.165) is 11.1 Å². The van der Waals surface area contributed by atoms with Crippen LogP contribution in [0, 0.1) is 10.1 Å². The highest BCUT2D eigenvalue weighted by molar-refractivity contribution is 6.31. The molecule has 0 heterocycles. The van der Waals surface area contributed by atoms with Crippen LogP contribution >= 0.6 is 11.6 Å². The molecule has 0 aliphatic heterocycles. The summed E-state index contributed by atoms with van der Waals surface area (Å²) >= 11 is 6.13. The molecule has 1 unspecified atom stereocenters. The van der Waals surface area contributed by atoms with Crippen molar-refractivity contribution in [2.24, 2.45) is 0 Å². The van der Waals surface area contributed by atoms with Crippen molar-refractivity contribution in [1.29, 1.82) is 0 Å². The Bertz CT molecular complexity index is 602. The summed E-state index contributed by atoms with van der Waals surface area (Å²) in [4.78, 5) is 10.3. The molecule has 0 saturated heterocycles. The zero-order chi connectivity index (χ0) is 14.5. The Morgan fingerprint density at radius 3 is 2.50 bits per heavy atom. The van der Waals surface area contributed by atoms with E-state index in [1.807, 2.05) is 37.4 Å². The summed E-state index contributed by atoms with van der Waals surface area (Å²) in [5.74, 6) is 0. The fourth-order valence-corrected chi connectivity index (χ4v) is 2.36. The third-order valence-electron chi connectivity index (χ3n) is 3.22. The van der Waals surface area contributed by atoms with Crippen LogP contribution in [0.15, 0.2) is 48.5 Å². The average Bonchev–Trinajstić information content (AvgIpc) is 2.46. The number of non-ortho nitro benzene ring substituents is 1. The third-order valence-corrected chi connectivity index (χ3v) is 3.57. The van der Waals surface area contributed by atoms with Crippen LogP contribution in [0.4, 0.5) is 5.69 Å². The summed E-state index contributed by atoms with van der Waals surface area (Å²) < 4.78 is 0. The van der Waals surface area contributed by atoms with Crippen molar-refractivity contribution in [1.82, 2.24) is 5.32 Å². The van der Waals surface area contributed by atoms with Gasteiger partial charge in [-0.25, -0.2) is 0 Å². The molecule has 1 N–H and O–H groups in total. The zero-order valence-electron chi connectivity index (χ0n) is 11.0. The normalized spacial score (nSPS) is 12.1. The highest BCUT2D eigenvalue weighted by Crippen LogP contribution is 2.26. The van der Waals surface area contributed by atoms with Crippen LogP contribution < -0.4 is 5.32 Å². The number of hydrogen-bond donors (Lipinski definition) is 1. The van der Waals surface area contributed by atoms with Gasteiger partial charge in [-0.1, -0.05) is 48.0 Å². The Balaban J connectivity index is 2.22. The minimum atomic E-state index is -0.442. The summed E-state index contributed by atoms with van der Waals surface area (Å²) in [5.41, 5.74) is 2.06. The van der Waals surface area contributed by atoms with E-state index in [1.54, 1.807) is 6.07 Å². The number of nitro benzene ring substituents is 1. The lowest BCUT2D eigenvalue weighted by Gasteiger charge is -2.17. The summed E-state index contributed by atoms with van der Waals surface area (Å²) in [7, 11) is 1.89. The Labute approximate surface area is 122 Å². The molecule has 5 heteroatoms. The molecule has 1 atom stereocenters. The van der Waals surface area contributed by atoms with Gasteiger partial charge >= 0.3 is 0 Å². The van der Waals surface area contributed by atoms with E-state index < -0.39 is 4.92 Å². The van der Waals surface area contributed by atoms with Crippen LogP contribution in [0.25, 0.3) is 0 Å². The van der Waals surface area contributed by atoms with E-state index in [9.17, 15) is 10.1 Å². The highest BCUT2D eigenvalue weighted by atomic mass is 35.5. The Hall–Kier alpha value is -1.91. The number of benzene rings is 2. The van der Waals surface area contributed by atoms with Gasteiger partial charge in [0.1, 0.15) is 0 Å². The molecule has 0 saturated carbocycles. The second-order valence-corrected chi connectivity index (χ2v) is 4.90. The van der Waals surface area contributed by atoms with Gasteiger partial charge in [0, 0.05) is 18.2 Å². The molecule has 0 spiro atoms. The largest absolute Gasteiger partial charge is 0.313 e. The Kier molecular flexibility index (Phi) is 4.71. The first-order valence-corrected chi connectivity index (χ1v) is 6.64. The molecule has 20 heavy (non-hydrogen) atoms. The molecular formula is C15H15ClN2O2. The molecular weight excluding hydrogens is 276 g/mol. The van der Waals surface area contributed by atoms with Crippen LogP contribution in [0.3, 0.4) is 0 Å². The minimum absolute atomic E-state index is 0.0134. The molecule has 0 radical (unpaired) electrons. The van der Waals surface area contributed by atoms with Crippen LogP contribution in [0.1, 0.15) is 17.2 Å². The average molecular weight is 291 g/mol. The highest BCUT2D eigenvalue weighted by Gasteiger charge is 2.14. The lowest BCUT2D eigenvalue weighted by molar-refractivity contribution is -0.384. The molecule has 0 aliphatic carbocycles. The zero-order valence-corrected chi connectivity index (χ0v) is 11.8. The smallest absolute Gasteiger partial charge is 0.270 e. The summed E-state index contributed by atoms with van der Waals surface area (Å²) in [6.07, 6.45) is 0.678. The van der Waals surface area contributed by atoms with E-state index >= 15 is 0 Å².